The minimum Gasteiger partial charge on any atom is -0.462 e. The molecule has 2 saturated heterocycles. The molecule has 1 saturated carbocycles. The van der Waals surface area contributed by atoms with Crippen molar-refractivity contribution in [3.63, 3.8) is 0 Å². The third-order valence-corrected chi connectivity index (χ3v) is 2.67. The molecule has 0 aromatic rings. The van der Waals surface area contributed by atoms with Crippen LogP contribution in [0.25, 0.3) is 0 Å². The van der Waals surface area contributed by atoms with Crippen molar-refractivity contribution in [2.75, 3.05) is 0 Å². The first-order valence-corrected chi connectivity index (χ1v) is 3.69. The summed E-state index contributed by atoms with van der Waals surface area (Å²) in [5, 5.41) is 0. The van der Waals surface area contributed by atoms with E-state index in [1.807, 2.05) is 0 Å². The molecule has 0 aromatic heterocycles. The summed E-state index contributed by atoms with van der Waals surface area (Å²) in [6.45, 7) is 0. The summed E-state index contributed by atoms with van der Waals surface area (Å²) >= 11 is 0. The van der Waals surface area contributed by atoms with Crippen LogP contribution in [0.5, 0.6) is 0 Å². The minimum absolute atomic E-state index is 0.0380. The van der Waals surface area contributed by atoms with Crippen LogP contribution in [-0.2, 0) is 14.3 Å². The Morgan fingerprint density at radius 2 is 2.30 bits per heavy atom. The van der Waals surface area contributed by atoms with Gasteiger partial charge in [0.25, 0.3) is 0 Å². The number of hydrogen-bond donors (Lipinski definition) is 0. The average Bonchev–Trinajstić information content (AvgIpc) is 2.40. The number of carbonyl (C=O) groups is 1. The zero-order valence-corrected chi connectivity index (χ0v) is 5.45. The summed E-state index contributed by atoms with van der Waals surface area (Å²) in [4.78, 5) is 10.7. The Morgan fingerprint density at radius 1 is 1.40 bits per heavy atom. The number of rotatable bonds is 0. The van der Waals surface area contributed by atoms with Crippen LogP contribution >= 0.6 is 0 Å². The average molecular weight is 140 g/mol. The highest BCUT2D eigenvalue weighted by atomic mass is 16.6. The normalized spacial score (nSPS) is 55.8. The maximum atomic E-state index is 10.7. The van der Waals surface area contributed by atoms with Gasteiger partial charge in [-0.1, -0.05) is 0 Å². The van der Waals surface area contributed by atoms with Crippen LogP contribution in [0, 0.1) is 5.92 Å². The number of fused-ring (bicyclic) bond motifs is 3. The number of hydrogen-bond acceptors (Lipinski definition) is 3. The summed E-state index contributed by atoms with van der Waals surface area (Å²) in [5.41, 5.74) is 0. The number of ether oxygens (including phenoxy) is 2. The van der Waals surface area contributed by atoms with Crippen LogP contribution in [0.1, 0.15) is 12.8 Å². The van der Waals surface area contributed by atoms with Gasteiger partial charge in [0.15, 0.2) is 0 Å². The molecular formula is C7H8O3. The fraction of sp³-hybridized carbons (Fsp3) is 0.857. The summed E-state index contributed by atoms with van der Waals surface area (Å²) in [6.07, 6.45) is 2.54. The van der Waals surface area contributed by atoms with E-state index in [2.05, 4.69) is 0 Å². The van der Waals surface area contributed by atoms with Crippen molar-refractivity contribution in [1.82, 2.24) is 0 Å². The Morgan fingerprint density at radius 3 is 3.10 bits per heavy atom. The Kier molecular flexibility index (Phi) is 0.703. The van der Waals surface area contributed by atoms with Crippen LogP contribution in [-0.4, -0.2) is 24.3 Å². The molecule has 3 aliphatic rings. The zero-order valence-electron chi connectivity index (χ0n) is 5.45. The number of epoxide rings is 1. The van der Waals surface area contributed by atoms with Crippen molar-refractivity contribution in [3.05, 3.63) is 0 Å². The Balaban J connectivity index is 1.88. The summed E-state index contributed by atoms with van der Waals surface area (Å²) in [5.74, 6) is 0.362. The van der Waals surface area contributed by atoms with Gasteiger partial charge in [0, 0.05) is 12.3 Å². The molecular weight excluding hydrogens is 132 g/mol. The molecule has 3 fully saturated rings. The van der Waals surface area contributed by atoms with E-state index >= 15 is 0 Å². The molecule has 0 N–H and O–H groups in total. The first kappa shape index (κ1) is 5.13. The molecule has 0 aromatic carbocycles. The van der Waals surface area contributed by atoms with E-state index in [-0.39, 0.29) is 12.1 Å². The molecule has 4 unspecified atom stereocenters. The Labute approximate surface area is 58.3 Å². The number of carbonyl (C=O) groups excluding carboxylic acids is 1. The van der Waals surface area contributed by atoms with E-state index in [4.69, 9.17) is 9.47 Å². The highest BCUT2D eigenvalue weighted by molar-refractivity contribution is 5.72. The van der Waals surface area contributed by atoms with Crippen molar-refractivity contribution in [2.24, 2.45) is 5.92 Å². The molecule has 0 bridgehead atoms. The van der Waals surface area contributed by atoms with E-state index in [0.717, 1.165) is 6.42 Å². The lowest BCUT2D eigenvalue weighted by Gasteiger charge is -2.07. The van der Waals surface area contributed by atoms with Crippen molar-refractivity contribution in [1.29, 1.82) is 0 Å². The van der Waals surface area contributed by atoms with Crippen LogP contribution in [0.2, 0.25) is 0 Å². The molecule has 3 rings (SSSR count). The molecule has 0 radical (unpaired) electrons. The lowest BCUT2D eigenvalue weighted by molar-refractivity contribution is -0.141. The molecule has 2 heterocycles. The van der Waals surface area contributed by atoms with Gasteiger partial charge < -0.3 is 9.47 Å². The largest absolute Gasteiger partial charge is 0.462 e. The monoisotopic (exact) mass is 140 g/mol. The van der Waals surface area contributed by atoms with Gasteiger partial charge in [-0.05, 0) is 0 Å². The molecule has 3 heteroatoms. The second kappa shape index (κ2) is 1.37. The van der Waals surface area contributed by atoms with Gasteiger partial charge in [-0.25, -0.2) is 0 Å². The van der Waals surface area contributed by atoms with Gasteiger partial charge in [-0.15, -0.1) is 0 Å². The summed E-state index contributed by atoms with van der Waals surface area (Å²) < 4.78 is 10.3. The molecule has 54 valence electrons. The van der Waals surface area contributed by atoms with Crippen molar-refractivity contribution < 1.29 is 14.3 Å². The smallest absolute Gasteiger partial charge is 0.306 e. The fourth-order valence-electron chi connectivity index (χ4n) is 2.13. The topological polar surface area (TPSA) is 38.8 Å². The lowest BCUT2D eigenvalue weighted by atomic mass is 10.0. The second-order valence-corrected chi connectivity index (χ2v) is 3.27. The van der Waals surface area contributed by atoms with E-state index in [1.54, 1.807) is 0 Å². The van der Waals surface area contributed by atoms with Gasteiger partial charge in [0.2, 0.25) is 0 Å². The van der Waals surface area contributed by atoms with Crippen LogP contribution in [0.3, 0.4) is 0 Å². The van der Waals surface area contributed by atoms with Gasteiger partial charge in [-0.2, -0.15) is 0 Å². The first-order valence-electron chi connectivity index (χ1n) is 3.69. The number of esters is 1. The summed E-state index contributed by atoms with van der Waals surface area (Å²) in [7, 11) is 0. The standard InChI is InChI=1S/C7H8O3/c8-6-1-3-4(9-6)2-5-7(3)10-5/h3-5,7H,1-2H2. The Bertz CT molecular complexity index is 201. The fourth-order valence-corrected chi connectivity index (χ4v) is 2.13. The van der Waals surface area contributed by atoms with Crippen LogP contribution in [0.15, 0.2) is 0 Å². The highest BCUT2D eigenvalue weighted by Gasteiger charge is 2.60. The third kappa shape index (κ3) is 0.475. The SMILES string of the molecule is O=C1CC2C(CC3OC32)O1. The van der Waals surface area contributed by atoms with Gasteiger partial charge in [0.05, 0.1) is 18.6 Å². The molecule has 2 aliphatic heterocycles. The van der Waals surface area contributed by atoms with E-state index in [9.17, 15) is 4.79 Å². The summed E-state index contributed by atoms with van der Waals surface area (Å²) in [6, 6.07) is 0. The molecule has 1 aliphatic carbocycles. The van der Waals surface area contributed by atoms with Gasteiger partial charge in [-0.3, -0.25) is 4.79 Å². The van der Waals surface area contributed by atoms with Gasteiger partial charge in [0.1, 0.15) is 6.10 Å². The van der Waals surface area contributed by atoms with E-state index < -0.39 is 0 Å². The molecule has 4 atom stereocenters. The predicted molar refractivity (Wildman–Crippen MR) is 31.3 cm³/mol. The van der Waals surface area contributed by atoms with Crippen molar-refractivity contribution in [3.8, 4) is 0 Å². The maximum absolute atomic E-state index is 10.7. The van der Waals surface area contributed by atoms with E-state index in [0.29, 0.717) is 24.5 Å². The molecule has 10 heavy (non-hydrogen) atoms. The van der Waals surface area contributed by atoms with Crippen LogP contribution < -0.4 is 0 Å². The maximum Gasteiger partial charge on any atom is 0.306 e. The third-order valence-electron chi connectivity index (χ3n) is 2.67. The quantitative estimate of drug-likeness (QED) is 0.353. The highest BCUT2D eigenvalue weighted by Crippen LogP contribution is 2.48. The molecule has 3 nitrogen and oxygen atoms in total. The second-order valence-electron chi connectivity index (χ2n) is 3.27. The molecule has 0 amide bonds. The Hall–Kier alpha value is -0.570. The molecule has 0 spiro atoms. The van der Waals surface area contributed by atoms with E-state index in [1.165, 1.54) is 0 Å². The first-order chi connectivity index (χ1) is 4.84. The van der Waals surface area contributed by atoms with Crippen LogP contribution in [0.4, 0.5) is 0 Å². The zero-order chi connectivity index (χ0) is 6.72. The predicted octanol–water partition coefficient (Wildman–Crippen LogP) is 0.0892. The lowest BCUT2D eigenvalue weighted by Crippen LogP contribution is -2.14. The van der Waals surface area contributed by atoms with Crippen molar-refractivity contribution in [2.45, 2.75) is 31.2 Å². The van der Waals surface area contributed by atoms with Crippen molar-refractivity contribution >= 4 is 5.97 Å². The van der Waals surface area contributed by atoms with Gasteiger partial charge >= 0.3 is 5.97 Å². The minimum atomic E-state index is -0.0380.